The maximum atomic E-state index is 2.54. The monoisotopic (exact) mass is 160 g/mol. The molecule has 0 N–H and O–H groups in total. The number of hydrogen-bond donors (Lipinski definition) is 0. The summed E-state index contributed by atoms with van der Waals surface area (Å²) < 4.78 is 0. The summed E-state index contributed by atoms with van der Waals surface area (Å²) in [6.45, 7) is 4.66. The van der Waals surface area contributed by atoms with Crippen LogP contribution in [0.4, 0.5) is 0 Å². The average molecular weight is 160 g/mol. The highest BCUT2D eigenvalue weighted by atomic mass is 14.5. The van der Waals surface area contributed by atoms with Crippen LogP contribution in [0.15, 0.2) is 23.3 Å². The van der Waals surface area contributed by atoms with Crippen molar-refractivity contribution in [2.24, 2.45) is 23.7 Å². The molecule has 0 unspecified atom stereocenters. The van der Waals surface area contributed by atoms with Crippen LogP contribution in [0, 0.1) is 23.7 Å². The van der Waals surface area contributed by atoms with Gasteiger partial charge in [0.2, 0.25) is 0 Å². The first-order valence-corrected chi connectivity index (χ1v) is 5.12. The van der Waals surface area contributed by atoms with Crippen LogP contribution in [0.5, 0.6) is 0 Å². The quantitative estimate of drug-likeness (QED) is 0.477. The lowest BCUT2D eigenvalue weighted by atomic mass is 9.79. The van der Waals surface area contributed by atoms with Gasteiger partial charge in [-0.15, -0.1) is 0 Å². The van der Waals surface area contributed by atoms with Gasteiger partial charge in [0.1, 0.15) is 0 Å². The zero-order valence-corrected chi connectivity index (χ0v) is 7.88. The van der Waals surface area contributed by atoms with Crippen LogP contribution in [0.3, 0.4) is 0 Å². The standard InChI is InChI=1S/C12H16/c1-7-3-4-10-9-5-8(2)11(6-9)12(7)10/h3,5,9-12H,4,6H2,1-2H3/t9-,10+,11-,12+/m1/s1. The van der Waals surface area contributed by atoms with E-state index in [9.17, 15) is 0 Å². The SMILES string of the molecule is CC1=CC[C@@H]2[C@H]1[C@@H]1C[C@H]2C=C1C. The molecule has 3 aliphatic rings. The summed E-state index contributed by atoms with van der Waals surface area (Å²) in [6.07, 6.45) is 7.84. The minimum absolute atomic E-state index is 0.929. The van der Waals surface area contributed by atoms with Crippen molar-refractivity contribution in [3.8, 4) is 0 Å². The van der Waals surface area contributed by atoms with Gasteiger partial charge in [0.15, 0.2) is 0 Å². The molecule has 3 rings (SSSR count). The lowest BCUT2D eigenvalue weighted by molar-refractivity contribution is 0.376. The molecule has 0 heteroatoms. The van der Waals surface area contributed by atoms with Crippen molar-refractivity contribution in [2.45, 2.75) is 26.7 Å². The van der Waals surface area contributed by atoms with Crippen molar-refractivity contribution < 1.29 is 0 Å². The van der Waals surface area contributed by atoms with E-state index in [0.717, 1.165) is 23.7 Å². The Kier molecular flexibility index (Phi) is 1.18. The molecular weight excluding hydrogens is 144 g/mol. The third-order valence-electron chi connectivity index (χ3n) is 4.27. The largest absolute Gasteiger partial charge is 0.0850 e. The number of rotatable bonds is 0. The van der Waals surface area contributed by atoms with Crippen molar-refractivity contribution in [1.29, 1.82) is 0 Å². The number of hydrogen-bond acceptors (Lipinski definition) is 0. The van der Waals surface area contributed by atoms with Gasteiger partial charge in [-0.1, -0.05) is 23.3 Å². The van der Waals surface area contributed by atoms with Crippen LogP contribution in [-0.2, 0) is 0 Å². The van der Waals surface area contributed by atoms with E-state index in [2.05, 4.69) is 26.0 Å². The number of allylic oxidation sites excluding steroid dienone is 4. The Morgan fingerprint density at radius 2 is 2.08 bits per heavy atom. The molecule has 0 heterocycles. The number of fused-ring (bicyclic) bond motifs is 5. The highest BCUT2D eigenvalue weighted by Gasteiger charge is 2.48. The molecule has 0 aromatic carbocycles. The summed E-state index contributed by atoms with van der Waals surface area (Å²) in [5.41, 5.74) is 3.36. The third kappa shape index (κ3) is 0.646. The highest BCUT2D eigenvalue weighted by molar-refractivity contribution is 5.31. The maximum Gasteiger partial charge on any atom is -0.0103 e. The van der Waals surface area contributed by atoms with E-state index in [-0.39, 0.29) is 0 Å². The molecule has 0 spiro atoms. The molecule has 0 aliphatic heterocycles. The lowest BCUT2D eigenvalue weighted by Gasteiger charge is -2.25. The van der Waals surface area contributed by atoms with E-state index in [0.29, 0.717) is 0 Å². The Morgan fingerprint density at radius 1 is 1.25 bits per heavy atom. The van der Waals surface area contributed by atoms with E-state index >= 15 is 0 Å². The van der Waals surface area contributed by atoms with Crippen LogP contribution in [0.2, 0.25) is 0 Å². The summed E-state index contributed by atoms with van der Waals surface area (Å²) in [4.78, 5) is 0. The van der Waals surface area contributed by atoms with Crippen LogP contribution in [-0.4, -0.2) is 0 Å². The minimum Gasteiger partial charge on any atom is -0.0850 e. The van der Waals surface area contributed by atoms with Crippen molar-refractivity contribution in [3.63, 3.8) is 0 Å². The Morgan fingerprint density at radius 3 is 2.92 bits per heavy atom. The van der Waals surface area contributed by atoms with Crippen LogP contribution < -0.4 is 0 Å². The Balaban J connectivity index is 2.03. The van der Waals surface area contributed by atoms with Gasteiger partial charge in [0.25, 0.3) is 0 Å². The first-order valence-electron chi connectivity index (χ1n) is 5.12. The van der Waals surface area contributed by atoms with Gasteiger partial charge in [-0.05, 0) is 50.4 Å². The van der Waals surface area contributed by atoms with Crippen molar-refractivity contribution in [2.75, 3.05) is 0 Å². The Labute approximate surface area is 74.4 Å². The van der Waals surface area contributed by atoms with Gasteiger partial charge in [-0.2, -0.15) is 0 Å². The fourth-order valence-corrected chi connectivity index (χ4v) is 3.74. The van der Waals surface area contributed by atoms with Crippen LogP contribution in [0.1, 0.15) is 26.7 Å². The first-order chi connectivity index (χ1) is 5.77. The zero-order chi connectivity index (χ0) is 8.29. The predicted octanol–water partition coefficient (Wildman–Crippen LogP) is 3.16. The Hall–Kier alpha value is -0.520. The molecule has 12 heavy (non-hydrogen) atoms. The predicted molar refractivity (Wildman–Crippen MR) is 50.7 cm³/mol. The molecular formula is C12H16. The summed E-state index contributed by atoms with van der Waals surface area (Å²) in [5.74, 6) is 3.81. The molecule has 0 saturated heterocycles. The molecule has 3 aliphatic carbocycles. The van der Waals surface area contributed by atoms with E-state index in [1.54, 1.807) is 11.1 Å². The van der Waals surface area contributed by atoms with Crippen molar-refractivity contribution >= 4 is 0 Å². The molecule has 0 aromatic rings. The minimum atomic E-state index is 0.929. The van der Waals surface area contributed by atoms with Crippen molar-refractivity contribution in [1.82, 2.24) is 0 Å². The topological polar surface area (TPSA) is 0 Å². The van der Waals surface area contributed by atoms with Gasteiger partial charge >= 0.3 is 0 Å². The maximum absolute atomic E-state index is 2.54. The van der Waals surface area contributed by atoms with Crippen LogP contribution in [0.25, 0.3) is 0 Å². The molecule has 0 amide bonds. The molecule has 2 bridgehead atoms. The summed E-state index contributed by atoms with van der Waals surface area (Å²) >= 11 is 0. The lowest BCUT2D eigenvalue weighted by Crippen LogP contribution is -2.17. The van der Waals surface area contributed by atoms with E-state index in [4.69, 9.17) is 0 Å². The smallest absolute Gasteiger partial charge is 0.0103 e. The van der Waals surface area contributed by atoms with Gasteiger partial charge in [0, 0.05) is 0 Å². The molecule has 64 valence electrons. The summed E-state index contributed by atoms with van der Waals surface area (Å²) in [6, 6.07) is 0. The first kappa shape index (κ1) is 6.94. The second-order valence-electron chi connectivity index (χ2n) is 4.79. The highest BCUT2D eigenvalue weighted by Crippen LogP contribution is 2.57. The van der Waals surface area contributed by atoms with Gasteiger partial charge in [-0.25, -0.2) is 0 Å². The molecule has 1 fully saturated rings. The second-order valence-corrected chi connectivity index (χ2v) is 4.79. The van der Waals surface area contributed by atoms with E-state index in [1.165, 1.54) is 12.8 Å². The van der Waals surface area contributed by atoms with E-state index < -0.39 is 0 Å². The Bertz CT molecular complexity index is 282. The van der Waals surface area contributed by atoms with E-state index in [1.807, 2.05) is 0 Å². The third-order valence-corrected chi connectivity index (χ3v) is 4.27. The second kappa shape index (κ2) is 2.04. The fraction of sp³-hybridized carbons (Fsp3) is 0.667. The fourth-order valence-electron chi connectivity index (χ4n) is 3.74. The molecule has 1 saturated carbocycles. The summed E-state index contributed by atoms with van der Waals surface area (Å²) in [7, 11) is 0. The molecule has 0 aromatic heterocycles. The zero-order valence-electron chi connectivity index (χ0n) is 7.88. The van der Waals surface area contributed by atoms with Gasteiger partial charge in [-0.3, -0.25) is 0 Å². The summed E-state index contributed by atoms with van der Waals surface area (Å²) in [5, 5.41) is 0. The molecule has 4 atom stereocenters. The molecule has 0 radical (unpaired) electrons. The van der Waals surface area contributed by atoms with Gasteiger partial charge < -0.3 is 0 Å². The van der Waals surface area contributed by atoms with Gasteiger partial charge in [0.05, 0.1) is 0 Å². The van der Waals surface area contributed by atoms with Crippen LogP contribution >= 0.6 is 0 Å². The average Bonchev–Trinajstić information content (AvgIpc) is 2.62. The molecule has 0 nitrogen and oxygen atoms in total. The normalized spacial score (nSPS) is 49.2. The van der Waals surface area contributed by atoms with Crippen molar-refractivity contribution in [3.05, 3.63) is 23.3 Å².